The van der Waals surface area contributed by atoms with Crippen molar-refractivity contribution < 1.29 is 42.9 Å². The van der Waals surface area contributed by atoms with E-state index in [9.17, 15) is 33.4 Å². The SMILES string of the molecule is CC(C)(C)OC(=O)N1C[C@@](Oc2cc(F)cc(F)c2Br)(C(=O)O)C[C@H]1C(=O)O. The van der Waals surface area contributed by atoms with Gasteiger partial charge in [-0.3, -0.25) is 4.90 Å². The number of nitrogens with zero attached hydrogens (tertiary/aromatic N) is 1. The monoisotopic (exact) mass is 465 g/mol. The Morgan fingerprint density at radius 2 is 1.86 bits per heavy atom. The lowest BCUT2D eigenvalue weighted by atomic mass is 10.00. The first-order valence-corrected chi connectivity index (χ1v) is 8.84. The van der Waals surface area contributed by atoms with Gasteiger partial charge in [-0.2, -0.15) is 0 Å². The van der Waals surface area contributed by atoms with Crippen molar-refractivity contribution in [3.63, 3.8) is 0 Å². The number of hydrogen-bond donors (Lipinski definition) is 2. The molecule has 8 nitrogen and oxygen atoms in total. The molecule has 0 aromatic heterocycles. The topological polar surface area (TPSA) is 113 Å². The van der Waals surface area contributed by atoms with Crippen molar-refractivity contribution in [2.24, 2.45) is 0 Å². The molecule has 1 aliphatic rings. The van der Waals surface area contributed by atoms with Crippen LogP contribution in [0.2, 0.25) is 0 Å². The van der Waals surface area contributed by atoms with Crippen LogP contribution in [-0.4, -0.2) is 56.9 Å². The van der Waals surface area contributed by atoms with Crippen LogP contribution in [0, 0.1) is 11.6 Å². The normalized spacial score (nSPS) is 22.1. The smallest absolute Gasteiger partial charge is 0.411 e. The first-order chi connectivity index (χ1) is 12.8. The van der Waals surface area contributed by atoms with Crippen LogP contribution < -0.4 is 4.74 Å². The molecular formula is C17H18BrF2NO7. The highest BCUT2D eigenvalue weighted by Crippen LogP contribution is 2.38. The van der Waals surface area contributed by atoms with E-state index in [1.807, 2.05) is 0 Å². The van der Waals surface area contributed by atoms with E-state index in [2.05, 4.69) is 15.9 Å². The number of ether oxygens (including phenoxy) is 2. The minimum atomic E-state index is -2.25. The molecule has 1 saturated heterocycles. The molecule has 1 amide bonds. The Labute approximate surface area is 167 Å². The fourth-order valence-electron chi connectivity index (χ4n) is 2.70. The Morgan fingerprint density at radius 1 is 1.25 bits per heavy atom. The fourth-order valence-corrected chi connectivity index (χ4v) is 3.00. The van der Waals surface area contributed by atoms with Crippen molar-refractivity contribution in [1.82, 2.24) is 4.90 Å². The molecule has 1 aromatic rings. The van der Waals surface area contributed by atoms with Crippen LogP contribution in [0.1, 0.15) is 27.2 Å². The van der Waals surface area contributed by atoms with E-state index >= 15 is 0 Å². The highest BCUT2D eigenvalue weighted by molar-refractivity contribution is 9.10. The van der Waals surface area contributed by atoms with Gasteiger partial charge in [0.25, 0.3) is 0 Å². The Kier molecular flexibility index (Phi) is 5.88. The predicted octanol–water partition coefficient (Wildman–Crippen LogP) is 3.02. The van der Waals surface area contributed by atoms with Gasteiger partial charge in [-0.1, -0.05) is 0 Å². The third-order valence-electron chi connectivity index (χ3n) is 3.89. The Morgan fingerprint density at radius 3 is 2.36 bits per heavy atom. The van der Waals surface area contributed by atoms with Crippen LogP contribution in [0.25, 0.3) is 0 Å². The van der Waals surface area contributed by atoms with Crippen molar-refractivity contribution in [3.05, 3.63) is 28.2 Å². The van der Waals surface area contributed by atoms with Crippen LogP contribution >= 0.6 is 15.9 Å². The summed E-state index contributed by atoms with van der Waals surface area (Å²) in [6.45, 7) is 3.98. The molecular weight excluding hydrogens is 448 g/mol. The largest absolute Gasteiger partial charge is 0.480 e. The molecule has 0 spiro atoms. The maximum atomic E-state index is 13.7. The summed E-state index contributed by atoms with van der Waals surface area (Å²) in [5.41, 5.74) is -3.20. The molecule has 11 heteroatoms. The van der Waals surface area contributed by atoms with Gasteiger partial charge in [0, 0.05) is 18.6 Å². The van der Waals surface area contributed by atoms with Crippen molar-refractivity contribution in [2.75, 3.05) is 6.54 Å². The van der Waals surface area contributed by atoms with E-state index in [1.54, 1.807) is 20.8 Å². The third kappa shape index (κ3) is 4.51. The molecule has 0 radical (unpaired) electrons. The number of hydrogen-bond acceptors (Lipinski definition) is 5. The minimum absolute atomic E-state index is 0.336. The summed E-state index contributed by atoms with van der Waals surface area (Å²) in [6, 6.07) is -0.251. The first kappa shape index (κ1) is 21.9. The summed E-state index contributed by atoms with van der Waals surface area (Å²) < 4.78 is 37.4. The summed E-state index contributed by atoms with van der Waals surface area (Å²) in [4.78, 5) is 36.6. The second kappa shape index (κ2) is 7.53. The number of carboxylic acid groups (broad SMARTS) is 2. The number of carbonyl (C=O) groups is 3. The zero-order valence-corrected chi connectivity index (χ0v) is 16.7. The van der Waals surface area contributed by atoms with E-state index in [0.717, 1.165) is 6.07 Å². The fraction of sp³-hybridized carbons (Fsp3) is 0.471. The van der Waals surface area contributed by atoms with Crippen molar-refractivity contribution in [3.8, 4) is 5.75 Å². The number of carboxylic acids is 2. The molecule has 1 heterocycles. The molecule has 0 aliphatic carbocycles. The van der Waals surface area contributed by atoms with E-state index in [-0.39, 0.29) is 4.47 Å². The number of halogens is 3. The Bertz CT molecular complexity index is 826. The van der Waals surface area contributed by atoms with E-state index in [0.29, 0.717) is 11.0 Å². The van der Waals surface area contributed by atoms with Gasteiger partial charge in [-0.05, 0) is 36.7 Å². The standard InChI is InChI=1S/C17H18BrF2NO7/c1-16(2,3)28-15(26)21-7-17(14(24)25,6-10(21)13(22)23)27-11-5-8(19)4-9(20)12(11)18/h4-5,10H,6-7H2,1-3H3,(H,22,23)(H,24,25)/t10-,17+/m0/s1. The van der Waals surface area contributed by atoms with Gasteiger partial charge in [-0.15, -0.1) is 0 Å². The molecule has 0 unspecified atom stereocenters. The lowest BCUT2D eigenvalue weighted by molar-refractivity contribution is -0.154. The minimum Gasteiger partial charge on any atom is -0.480 e. The lowest BCUT2D eigenvalue weighted by Crippen LogP contribution is -2.48. The third-order valence-corrected chi connectivity index (χ3v) is 4.66. The number of benzene rings is 1. The number of likely N-dealkylation sites (tertiary alicyclic amines) is 1. The number of amides is 1. The number of carbonyl (C=O) groups excluding carboxylic acids is 1. The van der Waals surface area contributed by atoms with Crippen molar-refractivity contribution >= 4 is 34.0 Å². The van der Waals surface area contributed by atoms with E-state index in [1.165, 1.54) is 0 Å². The van der Waals surface area contributed by atoms with Crippen LogP contribution in [0.3, 0.4) is 0 Å². The molecule has 1 aliphatic heterocycles. The van der Waals surface area contributed by atoms with Crippen LogP contribution in [-0.2, 0) is 14.3 Å². The van der Waals surface area contributed by atoms with Gasteiger partial charge < -0.3 is 19.7 Å². The van der Waals surface area contributed by atoms with Gasteiger partial charge in [-0.25, -0.2) is 23.2 Å². The van der Waals surface area contributed by atoms with Crippen LogP contribution in [0.5, 0.6) is 5.75 Å². The molecule has 0 saturated carbocycles. The van der Waals surface area contributed by atoms with Crippen molar-refractivity contribution in [1.29, 1.82) is 0 Å². The summed E-state index contributed by atoms with van der Waals surface area (Å²) in [6.07, 6.45) is -1.70. The van der Waals surface area contributed by atoms with Crippen LogP contribution in [0.15, 0.2) is 16.6 Å². The lowest BCUT2D eigenvalue weighted by Gasteiger charge is -2.28. The molecule has 2 rings (SSSR count). The Hall–Kier alpha value is -2.43. The van der Waals surface area contributed by atoms with Gasteiger partial charge in [0.2, 0.25) is 5.60 Å². The first-order valence-electron chi connectivity index (χ1n) is 8.05. The maximum Gasteiger partial charge on any atom is 0.411 e. The van der Waals surface area contributed by atoms with Gasteiger partial charge in [0.05, 0.1) is 11.0 Å². The molecule has 1 aromatic carbocycles. The zero-order chi connectivity index (χ0) is 21.4. The van der Waals surface area contributed by atoms with Gasteiger partial charge >= 0.3 is 18.0 Å². The average molecular weight is 466 g/mol. The average Bonchev–Trinajstić information content (AvgIpc) is 2.92. The quantitative estimate of drug-likeness (QED) is 0.656. The summed E-state index contributed by atoms with van der Waals surface area (Å²) >= 11 is 2.84. The summed E-state index contributed by atoms with van der Waals surface area (Å²) in [7, 11) is 0. The number of aliphatic carboxylic acids is 2. The molecule has 2 atom stereocenters. The molecule has 28 heavy (non-hydrogen) atoms. The molecule has 154 valence electrons. The van der Waals surface area contributed by atoms with Gasteiger partial charge in [0.1, 0.15) is 29.0 Å². The predicted molar refractivity (Wildman–Crippen MR) is 94.0 cm³/mol. The van der Waals surface area contributed by atoms with Gasteiger partial charge in [0.15, 0.2) is 0 Å². The summed E-state index contributed by atoms with van der Waals surface area (Å²) in [5, 5.41) is 19.1. The van der Waals surface area contributed by atoms with E-state index < -0.39 is 65.6 Å². The molecule has 1 fully saturated rings. The second-order valence-corrected chi connectivity index (χ2v) is 8.06. The molecule has 0 bridgehead atoms. The zero-order valence-electron chi connectivity index (χ0n) is 15.2. The van der Waals surface area contributed by atoms with Crippen molar-refractivity contribution in [2.45, 2.75) is 44.4 Å². The second-order valence-electron chi connectivity index (χ2n) is 7.27. The van der Waals surface area contributed by atoms with Crippen LogP contribution in [0.4, 0.5) is 13.6 Å². The summed E-state index contributed by atoms with van der Waals surface area (Å²) in [5.74, 6) is -5.60. The molecule has 2 N–H and O–H groups in total. The maximum absolute atomic E-state index is 13.7. The van der Waals surface area contributed by atoms with E-state index in [4.69, 9.17) is 9.47 Å². The Balaban J connectivity index is 2.43. The highest BCUT2D eigenvalue weighted by atomic mass is 79.9. The number of rotatable bonds is 4. The highest BCUT2D eigenvalue weighted by Gasteiger charge is 2.57.